The Balaban J connectivity index is 1.43. The summed E-state index contributed by atoms with van der Waals surface area (Å²) >= 11 is 0. The number of carbonyl (C=O) groups is 1. The Morgan fingerprint density at radius 2 is 2.00 bits per heavy atom. The van der Waals surface area contributed by atoms with Gasteiger partial charge in [0.1, 0.15) is 6.04 Å². The highest BCUT2D eigenvalue weighted by atomic mass is 19.2. The molecule has 2 aromatic rings. The van der Waals surface area contributed by atoms with Crippen molar-refractivity contribution >= 4 is 5.91 Å². The van der Waals surface area contributed by atoms with Crippen molar-refractivity contribution < 1.29 is 13.6 Å². The average molecular weight is 332 g/mol. The van der Waals surface area contributed by atoms with Crippen LogP contribution in [0.4, 0.5) is 8.78 Å². The van der Waals surface area contributed by atoms with Gasteiger partial charge in [-0.25, -0.2) is 8.78 Å². The minimum atomic E-state index is -0.811. The zero-order valence-electron chi connectivity index (χ0n) is 13.1. The fourth-order valence-electron chi connectivity index (χ4n) is 3.68. The minimum absolute atomic E-state index is 0.0216. The molecule has 0 spiro atoms. The zero-order valence-corrected chi connectivity index (χ0v) is 13.1. The molecule has 0 aliphatic carbocycles. The van der Waals surface area contributed by atoms with Crippen LogP contribution in [0.25, 0.3) is 0 Å². The number of fused-ring (bicyclic) bond motifs is 1. The van der Waals surface area contributed by atoms with Gasteiger partial charge < -0.3 is 4.90 Å². The number of hydrogen-bond donors (Lipinski definition) is 2. The molecule has 1 aromatic carbocycles. The molecular weight excluding hydrogens is 314 g/mol. The summed E-state index contributed by atoms with van der Waals surface area (Å²) in [5, 5.41) is 10.0. The number of aromatic amines is 1. The lowest BCUT2D eigenvalue weighted by molar-refractivity contribution is -0.134. The van der Waals surface area contributed by atoms with Gasteiger partial charge in [0.15, 0.2) is 11.6 Å². The first kappa shape index (κ1) is 15.3. The van der Waals surface area contributed by atoms with Crippen LogP contribution < -0.4 is 5.32 Å². The number of amides is 1. The topological polar surface area (TPSA) is 61.0 Å². The van der Waals surface area contributed by atoms with E-state index in [1.165, 1.54) is 6.07 Å². The molecule has 5 nitrogen and oxygen atoms in total. The summed E-state index contributed by atoms with van der Waals surface area (Å²) in [5.41, 5.74) is 2.27. The van der Waals surface area contributed by atoms with Crippen LogP contribution in [-0.2, 0) is 11.3 Å². The van der Waals surface area contributed by atoms with E-state index in [-0.39, 0.29) is 17.9 Å². The molecule has 2 aliphatic rings. The number of benzene rings is 1. The molecule has 24 heavy (non-hydrogen) atoms. The first-order valence-electron chi connectivity index (χ1n) is 8.13. The first-order valence-corrected chi connectivity index (χ1v) is 8.13. The fraction of sp³-hybridized carbons (Fsp3) is 0.412. The Morgan fingerprint density at radius 3 is 2.79 bits per heavy atom. The summed E-state index contributed by atoms with van der Waals surface area (Å²) in [4.78, 5) is 14.5. The highest BCUT2D eigenvalue weighted by molar-refractivity contribution is 5.84. The van der Waals surface area contributed by atoms with Gasteiger partial charge in [0.2, 0.25) is 5.91 Å². The predicted molar refractivity (Wildman–Crippen MR) is 83.1 cm³/mol. The lowest BCUT2D eigenvalue weighted by Crippen LogP contribution is -2.43. The van der Waals surface area contributed by atoms with E-state index in [2.05, 4.69) is 15.5 Å². The van der Waals surface area contributed by atoms with Gasteiger partial charge in [-0.1, -0.05) is 12.1 Å². The Bertz CT molecular complexity index is 768. The van der Waals surface area contributed by atoms with Crippen LogP contribution in [0.5, 0.6) is 0 Å². The fourth-order valence-corrected chi connectivity index (χ4v) is 3.68. The second-order valence-corrected chi connectivity index (χ2v) is 6.36. The van der Waals surface area contributed by atoms with E-state index in [9.17, 15) is 13.6 Å². The van der Waals surface area contributed by atoms with Crippen molar-refractivity contribution in [1.82, 2.24) is 20.4 Å². The maximum absolute atomic E-state index is 13.9. The second-order valence-electron chi connectivity index (χ2n) is 6.36. The van der Waals surface area contributed by atoms with E-state index in [1.807, 2.05) is 0 Å². The molecule has 4 rings (SSSR count). The largest absolute Gasteiger partial charge is 0.341 e. The number of H-pyrrole nitrogens is 1. The van der Waals surface area contributed by atoms with Gasteiger partial charge in [-0.3, -0.25) is 15.2 Å². The van der Waals surface area contributed by atoms with Gasteiger partial charge in [-0.15, -0.1) is 0 Å². The predicted octanol–water partition coefficient (Wildman–Crippen LogP) is 2.24. The summed E-state index contributed by atoms with van der Waals surface area (Å²) in [6.45, 7) is 1.70. The number of hydrogen-bond acceptors (Lipinski definition) is 3. The average Bonchev–Trinajstić information content (AvgIpc) is 3.20. The SMILES string of the molecule is O=C(C1NCc2[nH]ncc21)N1CCC(c2cccc(F)c2F)CC1. The Morgan fingerprint density at radius 1 is 1.21 bits per heavy atom. The van der Waals surface area contributed by atoms with Crippen LogP contribution in [0, 0.1) is 11.6 Å². The maximum Gasteiger partial charge on any atom is 0.244 e. The summed E-state index contributed by atoms with van der Waals surface area (Å²) in [7, 11) is 0. The first-order chi connectivity index (χ1) is 11.6. The van der Waals surface area contributed by atoms with Crippen molar-refractivity contribution in [1.29, 1.82) is 0 Å². The van der Waals surface area contributed by atoms with E-state index < -0.39 is 11.6 Å². The lowest BCUT2D eigenvalue weighted by Gasteiger charge is -2.34. The number of piperidine rings is 1. The molecule has 1 unspecified atom stereocenters. The van der Waals surface area contributed by atoms with Crippen molar-refractivity contribution in [3.63, 3.8) is 0 Å². The number of likely N-dealkylation sites (tertiary alicyclic amines) is 1. The van der Waals surface area contributed by atoms with E-state index in [0.717, 1.165) is 17.3 Å². The Labute approximate surface area is 138 Å². The van der Waals surface area contributed by atoms with Crippen molar-refractivity contribution in [3.8, 4) is 0 Å². The third kappa shape index (κ3) is 2.49. The lowest BCUT2D eigenvalue weighted by atomic mass is 9.88. The highest BCUT2D eigenvalue weighted by Gasteiger charge is 2.35. The number of aromatic nitrogens is 2. The highest BCUT2D eigenvalue weighted by Crippen LogP contribution is 2.32. The van der Waals surface area contributed by atoms with Gasteiger partial charge in [0, 0.05) is 25.2 Å². The summed E-state index contributed by atoms with van der Waals surface area (Å²) in [6.07, 6.45) is 2.96. The van der Waals surface area contributed by atoms with Crippen molar-refractivity contribution in [2.24, 2.45) is 0 Å². The molecule has 1 fully saturated rings. The van der Waals surface area contributed by atoms with Crippen LogP contribution in [0.15, 0.2) is 24.4 Å². The number of nitrogens with zero attached hydrogens (tertiary/aromatic N) is 2. The second kappa shape index (κ2) is 5.98. The number of nitrogens with one attached hydrogen (secondary N) is 2. The van der Waals surface area contributed by atoms with E-state index in [4.69, 9.17) is 0 Å². The summed E-state index contributed by atoms with van der Waals surface area (Å²) in [6, 6.07) is 3.94. The standard InChI is InChI=1S/C17H18F2N4O/c18-13-3-1-2-11(15(13)19)10-4-6-23(7-5-10)17(24)16-12-8-21-22-14(12)9-20-16/h1-3,8,10,16,20H,4-7,9H2,(H,21,22). The molecule has 0 radical (unpaired) electrons. The summed E-state index contributed by atoms with van der Waals surface area (Å²) in [5.74, 6) is -1.60. The third-order valence-electron chi connectivity index (χ3n) is 5.02. The van der Waals surface area contributed by atoms with Crippen LogP contribution in [0.3, 0.4) is 0 Å². The van der Waals surface area contributed by atoms with Crippen LogP contribution in [-0.4, -0.2) is 34.1 Å². The van der Waals surface area contributed by atoms with E-state index in [0.29, 0.717) is 38.0 Å². The van der Waals surface area contributed by atoms with Crippen LogP contribution in [0.1, 0.15) is 41.6 Å². The molecular formula is C17H18F2N4O. The van der Waals surface area contributed by atoms with Gasteiger partial charge in [0.25, 0.3) is 0 Å². The molecule has 3 heterocycles. The quantitative estimate of drug-likeness (QED) is 0.887. The summed E-state index contributed by atoms with van der Waals surface area (Å²) < 4.78 is 27.3. The molecule has 2 aliphatic heterocycles. The van der Waals surface area contributed by atoms with Crippen molar-refractivity contribution in [3.05, 3.63) is 52.9 Å². The van der Waals surface area contributed by atoms with Gasteiger partial charge in [-0.2, -0.15) is 5.10 Å². The number of halogens is 2. The molecule has 1 aromatic heterocycles. The van der Waals surface area contributed by atoms with Gasteiger partial charge in [0.05, 0.1) is 11.9 Å². The van der Waals surface area contributed by atoms with Crippen molar-refractivity contribution in [2.75, 3.05) is 13.1 Å². The maximum atomic E-state index is 13.9. The molecule has 1 saturated heterocycles. The Hall–Kier alpha value is -2.28. The number of carbonyl (C=O) groups excluding carboxylic acids is 1. The molecule has 0 saturated carbocycles. The normalized spacial score (nSPS) is 21.1. The molecule has 126 valence electrons. The van der Waals surface area contributed by atoms with Gasteiger partial charge >= 0.3 is 0 Å². The molecule has 7 heteroatoms. The molecule has 1 atom stereocenters. The minimum Gasteiger partial charge on any atom is -0.341 e. The van der Waals surface area contributed by atoms with E-state index in [1.54, 1.807) is 17.2 Å². The monoisotopic (exact) mass is 332 g/mol. The third-order valence-corrected chi connectivity index (χ3v) is 5.02. The van der Waals surface area contributed by atoms with E-state index >= 15 is 0 Å². The van der Waals surface area contributed by atoms with Crippen LogP contribution in [0.2, 0.25) is 0 Å². The number of rotatable bonds is 2. The van der Waals surface area contributed by atoms with Crippen molar-refractivity contribution in [2.45, 2.75) is 31.3 Å². The molecule has 0 bridgehead atoms. The smallest absolute Gasteiger partial charge is 0.244 e. The Kier molecular flexibility index (Phi) is 3.80. The molecule has 1 amide bonds. The van der Waals surface area contributed by atoms with Gasteiger partial charge in [-0.05, 0) is 30.4 Å². The molecule has 2 N–H and O–H groups in total. The van der Waals surface area contributed by atoms with Crippen LogP contribution >= 0.6 is 0 Å². The zero-order chi connectivity index (χ0) is 16.7.